The summed E-state index contributed by atoms with van der Waals surface area (Å²) in [7, 11) is 0. The number of carbonyl (C=O) groups excluding carboxylic acids is 1. The third kappa shape index (κ3) is 4.07. The summed E-state index contributed by atoms with van der Waals surface area (Å²) in [4.78, 5) is 23.4. The molecule has 1 amide bonds. The van der Waals surface area contributed by atoms with E-state index in [0.29, 0.717) is 6.42 Å². The number of fused-ring (bicyclic) bond motifs is 1. The highest BCUT2D eigenvalue weighted by Gasteiger charge is 2.21. The van der Waals surface area contributed by atoms with Gasteiger partial charge in [-0.3, -0.25) is 4.79 Å². The maximum atomic E-state index is 12.2. The van der Waals surface area contributed by atoms with Crippen LogP contribution in [0.2, 0.25) is 0 Å². The molecule has 4 heteroatoms. The Hall–Kier alpha value is -2.36. The summed E-state index contributed by atoms with van der Waals surface area (Å²) in [6.07, 6.45) is 0.611. The van der Waals surface area contributed by atoms with Crippen molar-refractivity contribution < 1.29 is 14.7 Å². The lowest BCUT2D eigenvalue weighted by Crippen LogP contribution is -2.42. The van der Waals surface area contributed by atoms with Crippen molar-refractivity contribution in [2.45, 2.75) is 32.7 Å². The fraction of sp³-hybridized carbons (Fsp3) is 0.333. The lowest BCUT2D eigenvalue weighted by molar-refractivity contribution is -0.142. The number of carbonyl (C=O) groups is 2. The highest BCUT2D eigenvalue weighted by Crippen LogP contribution is 2.19. The van der Waals surface area contributed by atoms with Crippen LogP contribution in [-0.4, -0.2) is 23.0 Å². The first-order chi connectivity index (χ1) is 10.5. The minimum atomic E-state index is -0.986. The van der Waals surface area contributed by atoms with Gasteiger partial charge in [0.2, 0.25) is 5.91 Å². The van der Waals surface area contributed by atoms with E-state index in [9.17, 15) is 14.7 Å². The van der Waals surface area contributed by atoms with Gasteiger partial charge in [-0.2, -0.15) is 0 Å². The molecule has 22 heavy (non-hydrogen) atoms. The third-order valence-corrected chi connectivity index (χ3v) is 3.57. The second-order valence-corrected chi connectivity index (χ2v) is 5.90. The second-order valence-electron chi connectivity index (χ2n) is 5.90. The van der Waals surface area contributed by atoms with Gasteiger partial charge < -0.3 is 10.4 Å². The SMILES string of the molecule is CC(C)CC(NC(=O)Cc1cccc2ccccc12)C(=O)O. The van der Waals surface area contributed by atoms with E-state index in [1.807, 2.05) is 56.3 Å². The van der Waals surface area contributed by atoms with Gasteiger partial charge in [-0.25, -0.2) is 4.79 Å². The lowest BCUT2D eigenvalue weighted by atomic mass is 10.0. The van der Waals surface area contributed by atoms with Crippen LogP contribution in [0.4, 0.5) is 0 Å². The molecule has 1 unspecified atom stereocenters. The van der Waals surface area contributed by atoms with Crippen LogP contribution in [0.15, 0.2) is 42.5 Å². The predicted molar refractivity (Wildman–Crippen MR) is 86.7 cm³/mol. The largest absolute Gasteiger partial charge is 0.480 e. The summed E-state index contributed by atoms with van der Waals surface area (Å²) in [5.74, 6) is -1.04. The quantitative estimate of drug-likeness (QED) is 0.861. The van der Waals surface area contributed by atoms with E-state index in [4.69, 9.17) is 0 Å². The highest BCUT2D eigenvalue weighted by atomic mass is 16.4. The first-order valence-electron chi connectivity index (χ1n) is 7.46. The molecule has 0 saturated carbocycles. The average Bonchev–Trinajstić information content (AvgIpc) is 2.46. The smallest absolute Gasteiger partial charge is 0.326 e. The first-order valence-corrected chi connectivity index (χ1v) is 7.46. The molecule has 4 nitrogen and oxygen atoms in total. The molecule has 116 valence electrons. The molecule has 2 aromatic carbocycles. The number of benzene rings is 2. The molecule has 0 aliphatic rings. The standard InChI is InChI=1S/C18H21NO3/c1-12(2)10-16(18(21)22)19-17(20)11-14-8-5-7-13-6-3-4-9-15(13)14/h3-9,12,16H,10-11H2,1-2H3,(H,19,20)(H,21,22). The van der Waals surface area contributed by atoms with E-state index in [1.54, 1.807) is 0 Å². The van der Waals surface area contributed by atoms with Crippen LogP contribution in [0, 0.1) is 5.92 Å². The summed E-state index contributed by atoms with van der Waals surface area (Å²) in [6, 6.07) is 12.8. The molecule has 0 bridgehead atoms. The van der Waals surface area contributed by atoms with Gasteiger partial charge in [0.05, 0.1) is 6.42 Å². The summed E-state index contributed by atoms with van der Waals surface area (Å²) < 4.78 is 0. The van der Waals surface area contributed by atoms with Crippen molar-refractivity contribution in [1.29, 1.82) is 0 Å². The topological polar surface area (TPSA) is 66.4 Å². The molecule has 0 aliphatic carbocycles. The van der Waals surface area contributed by atoms with Gasteiger partial charge >= 0.3 is 5.97 Å². The molecular formula is C18H21NO3. The maximum absolute atomic E-state index is 12.2. The summed E-state index contributed by atoms with van der Waals surface area (Å²) in [5.41, 5.74) is 0.907. The molecule has 0 aliphatic heterocycles. The van der Waals surface area contributed by atoms with Crippen LogP contribution in [-0.2, 0) is 16.0 Å². The van der Waals surface area contributed by atoms with Crippen LogP contribution in [0.5, 0.6) is 0 Å². The van der Waals surface area contributed by atoms with Crippen molar-refractivity contribution in [3.05, 3.63) is 48.0 Å². The summed E-state index contributed by atoms with van der Waals surface area (Å²) >= 11 is 0. The van der Waals surface area contributed by atoms with Gasteiger partial charge in [-0.15, -0.1) is 0 Å². The van der Waals surface area contributed by atoms with Crippen LogP contribution < -0.4 is 5.32 Å². The number of nitrogens with one attached hydrogen (secondary N) is 1. The van der Waals surface area contributed by atoms with E-state index < -0.39 is 12.0 Å². The zero-order chi connectivity index (χ0) is 16.1. The lowest BCUT2D eigenvalue weighted by Gasteiger charge is -2.16. The normalized spacial score (nSPS) is 12.3. The Kier molecular flexibility index (Phi) is 5.15. The molecule has 0 aromatic heterocycles. The number of hydrogen-bond donors (Lipinski definition) is 2. The van der Waals surface area contributed by atoms with Crippen molar-refractivity contribution in [2.24, 2.45) is 5.92 Å². The third-order valence-electron chi connectivity index (χ3n) is 3.57. The fourth-order valence-electron chi connectivity index (χ4n) is 2.56. The molecule has 0 heterocycles. The number of amides is 1. The average molecular weight is 299 g/mol. The van der Waals surface area contributed by atoms with E-state index >= 15 is 0 Å². The fourth-order valence-corrected chi connectivity index (χ4v) is 2.56. The number of hydrogen-bond acceptors (Lipinski definition) is 2. The molecule has 0 fully saturated rings. The summed E-state index contributed by atoms with van der Waals surface area (Å²) in [5, 5.41) is 13.9. The maximum Gasteiger partial charge on any atom is 0.326 e. The number of rotatable bonds is 6. The monoisotopic (exact) mass is 299 g/mol. The number of aliphatic carboxylic acids is 1. The Balaban J connectivity index is 2.12. The van der Waals surface area contributed by atoms with E-state index in [2.05, 4.69) is 5.32 Å². The second kappa shape index (κ2) is 7.07. The van der Waals surface area contributed by atoms with Gasteiger partial charge in [-0.1, -0.05) is 56.3 Å². The van der Waals surface area contributed by atoms with Gasteiger partial charge in [-0.05, 0) is 28.7 Å². The molecule has 0 radical (unpaired) electrons. The molecule has 2 rings (SSSR count). The summed E-state index contributed by atoms with van der Waals surface area (Å²) in [6.45, 7) is 3.87. The van der Waals surface area contributed by atoms with Crippen molar-refractivity contribution in [3.8, 4) is 0 Å². The molecule has 0 saturated heterocycles. The zero-order valence-corrected chi connectivity index (χ0v) is 12.9. The predicted octanol–water partition coefficient (Wildman–Crippen LogP) is 3.00. The van der Waals surface area contributed by atoms with Gasteiger partial charge in [0, 0.05) is 0 Å². The van der Waals surface area contributed by atoms with Gasteiger partial charge in [0.15, 0.2) is 0 Å². The van der Waals surface area contributed by atoms with Crippen molar-refractivity contribution in [3.63, 3.8) is 0 Å². The Morgan fingerprint density at radius 2 is 1.77 bits per heavy atom. The van der Waals surface area contributed by atoms with Crippen LogP contribution >= 0.6 is 0 Å². The Labute approximate surface area is 130 Å². The Morgan fingerprint density at radius 1 is 1.09 bits per heavy atom. The zero-order valence-electron chi connectivity index (χ0n) is 12.9. The highest BCUT2D eigenvalue weighted by molar-refractivity contribution is 5.91. The molecular weight excluding hydrogens is 278 g/mol. The van der Waals surface area contributed by atoms with Crippen LogP contribution in [0.25, 0.3) is 10.8 Å². The van der Waals surface area contributed by atoms with E-state index in [1.165, 1.54) is 0 Å². The number of carboxylic acid groups (broad SMARTS) is 1. The van der Waals surface area contributed by atoms with Gasteiger partial charge in [0.1, 0.15) is 6.04 Å². The van der Waals surface area contributed by atoms with Crippen molar-refractivity contribution >= 4 is 22.6 Å². The van der Waals surface area contributed by atoms with Crippen molar-refractivity contribution in [2.75, 3.05) is 0 Å². The van der Waals surface area contributed by atoms with Crippen LogP contribution in [0.3, 0.4) is 0 Å². The Bertz CT molecular complexity index is 674. The minimum Gasteiger partial charge on any atom is -0.480 e. The van der Waals surface area contributed by atoms with Gasteiger partial charge in [0.25, 0.3) is 0 Å². The van der Waals surface area contributed by atoms with Crippen LogP contribution in [0.1, 0.15) is 25.8 Å². The molecule has 1 atom stereocenters. The molecule has 2 N–H and O–H groups in total. The molecule has 2 aromatic rings. The van der Waals surface area contributed by atoms with E-state index in [0.717, 1.165) is 16.3 Å². The molecule has 0 spiro atoms. The number of carboxylic acids is 1. The first kappa shape index (κ1) is 16.0. The Morgan fingerprint density at radius 3 is 2.45 bits per heavy atom. The minimum absolute atomic E-state index is 0.184. The van der Waals surface area contributed by atoms with Crippen molar-refractivity contribution in [1.82, 2.24) is 5.32 Å². The van der Waals surface area contributed by atoms with E-state index in [-0.39, 0.29) is 18.2 Å².